The lowest BCUT2D eigenvalue weighted by molar-refractivity contribution is -0.140. The third kappa shape index (κ3) is 4.65. The summed E-state index contributed by atoms with van der Waals surface area (Å²) < 4.78 is 34.6. The Morgan fingerprint density at radius 2 is 1.81 bits per heavy atom. The fourth-order valence-corrected chi connectivity index (χ4v) is 3.59. The molecule has 0 spiro atoms. The zero-order valence-electron chi connectivity index (χ0n) is 18.4. The summed E-state index contributed by atoms with van der Waals surface area (Å²) in [5.74, 6) is -3.72. The van der Waals surface area contributed by atoms with Gasteiger partial charge in [0.1, 0.15) is 11.6 Å². The summed E-state index contributed by atoms with van der Waals surface area (Å²) in [4.78, 5) is 28.8. The number of halogens is 2. The van der Waals surface area contributed by atoms with Gasteiger partial charge >= 0.3 is 0 Å². The minimum Gasteiger partial charge on any atom is -0.507 e. The fraction of sp³-hybridized carbons (Fsp3) is 0.333. The molecule has 1 saturated heterocycles. The first-order valence-corrected chi connectivity index (χ1v) is 10.3. The first-order valence-electron chi connectivity index (χ1n) is 10.3. The normalized spacial score (nSPS) is 18.1. The number of carbonyl (C=O) groups excluding carboxylic acids is 2. The number of hydrogen-bond acceptors (Lipinski definition) is 5. The first-order chi connectivity index (χ1) is 15.1. The molecule has 1 fully saturated rings. The highest BCUT2D eigenvalue weighted by Crippen LogP contribution is 2.40. The van der Waals surface area contributed by atoms with Gasteiger partial charge in [-0.05, 0) is 52.2 Å². The molecule has 0 saturated carbocycles. The average molecular weight is 444 g/mol. The van der Waals surface area contributed by atoms with Crippen molar-refractivity contribution in [2.24, 2.45) is 0 Å². The van der Waals surface area contributed by atoms with Crippen LogP contribution in [-0.2, 0) is 9.59 Å². The number of likely N-dealkylation sites (N-methyl/N-ethyl adjacent to an activating group) is 1. The highest BCUT2D eigenvalue weighted by Gasteiger charge is 2.46. The smallest absolute Gasteiger partial charge is 0.295 e. The van der Waals surface area contributed by atoms with E-state index in [0.717, 1.165) is 6.07 Å². The van der Waals surface area contributed by atoms with Gasteiger partial charge in [-0.3, -0.25) is 9.59 Å². The van der Waals surface area contributed by atoms with Crippen molar-refractivity contribution in [3.05, 3.63) is 70.8 Å². The van der Waals surface area contributed by atoms with Crippen molar-refractivity contribution in [1.82, 2.24) is 9.80 Å². The number of nitrogens with zero attached hydrogens (tertiary/aromatic N) is 2. The monoisotopic (exact) mass is 444 g/mol. The van der Waals surface area contributed by atoms with Gasteiger partial charge in [0.2, 0.25) is 0 Å². The standard InChI is InChI=1S/C24H26F2N2O4/c1-14(2)32-19-10-9-15(13-18(19)26)22(29)20-21(16-7-5-6-8-17(16)25)28(12-11-27(3)4)24(31)23(20)30/h5-10,13-14,21,29H,11-12H2,1-4H3/t21-/m0/s1. The van der Waals surface area contributed by atoms with Crippen LogP contribution in [0.25, 0.3) is 5.76 Å². The molecule has 1 aliphatic rings. The van der Waals surface area contributed by atoms with E-state index in [1.807, 2.05) is 4.90 Å². The SMILES string of the molecule is CC(C)Oc1ccc(C(O)=C2C(=O)C(=O)N(CCN(C)C)[C@H]2c2ccccc2F)cc1F. The lowest BCUT2D eigenvalue weighted by Gasteiger charge is -2.26. The van der Waals surface area contributed by atoms with Crippen LogP contribution < -0.4 is 4.74 Å². The molecule has 8 heteroatoms. The van der Waals surface area contributed by atoms with Crippen LogP contribution in [0.5, 0.6) is 5.75 Å². The number of aliphatic hydroxyl groups is 1. The van der Waals surface area contributed by atoms with Gasteiger partial charge in [-0.1, -0.05) is 18.2 Å². The molecule has 0 aliphatic carbocycles. The van der Waals surface area contributed by atoms with E-state index in [1.165, 1.54) is 35.2 Å². The Bertz CT molecular complexity index is 1070. The van der Waals surface area contributed by atoms with Gasteiger partial charge in [0.25, 0.3) is 11.7 Å². The molecular weight excluding hydrogens is 418 g/mol. The molecule has 2 aromatic carbocycles. The minimum absolute atomic E-state index is 0.00589. The minimum atomic E-state index is -1.13. The van der Waals surface area contributed by atoms with Crippen LogP contribution in [-0.4, -0.2) is 59.9 Å². The fourth-order valence-electron chi connectivity index (χ4n) is 3.59. The lowest BCUT2D eigenvalue weighted by atomic mass is 9.95. The molecule has 0 aromatic heterocycles. The molecule has 3 rings (SSSR count). The highest BCUT2D eigenvalue weighted by atomic mass is 19.1. The van der Waals surface area contributed by atoms with Crippen molar-refractivity contribution >= 4 is 17.4 Å². The van der Waals surface area contributed by atoms with Crippen LogP contribution in [0.1, 0.15) is 31.0 Å². The quantitative estimate of drug-likeness (QED) is 0.400. The summed E-state index contributed by atoms with van der Waals surface area (Å²) in [6, 6.07) is 8.38. The first kappa shape index (κ1) is 23.4. The predicted octanol–water partition coefficient (Wildman–Crippen LogP) is 3.74. The van der Waals surface area contributed by atoms with Crippen molar-refractivity contribution in [1.29, 1.82) is 0 Å². The largest absolute Gasteiger partial charge is 0.507 e. The second-order valence-electron chi connectivity index (χ2n) is 8.13. The van der Waals surface area contributed by atoms with E-state index < -0.39 is 35.1 Å². The molecule has 6 nitrogen and oxygen atoms in total. The molecule has 0 radical (unpaired) electrons. The Kier molecular flexibility index (Phi) is 6.93. The molecule has 1 heterocycles. The van der Waals surface area contributed by atoms with Crippen molar-refractivity contribution in [3.8, 4) is 5.75 Å². The van der Waals surface area contributed by atoms with E-state index in [2.05, 4.69) is 0 Å². The van der Waals surface area contributed by atoms with Crippen LogP contribution in [0, 0.1) is 11.6 Å². The van der Waals surface area contributed by atoms with E-state index >= 15 is 0 Å². The van der Waals surface area contributed by atoms with E-state index in [4.69, 9.17) is 4.74 Å². The molecule has 1 amide bonds. The molecule has 2 aromatic rings. The number of Topliss-reactive ketones (excluding diaryl/α,β-unsaturated/α-hetero) is 1. The van der Waals surface area contributed by atoms with Crippen LogP contribution in [0.4, 0.5) is 8.78 Å². The van der Waals surface area contributed by atoms with Gasteiger partial charge < -0.3 is 19.6 Å². The maximum atomic E-state index is 14.7. The average Bonchev–Trinajstić information content (AvgIpc) is 2.97. The van der Waals surface area contributed by atoms with Gasteiger partial charge in [-0.15, -0.1) is 0 Å². The molecule has 32 heavy (non-hydrogen) atoms. The number of ether oxygens (including phenoxy) is 1. The second kappa shape index (κ2) is 9.48. The third-order valence-corrected chi connectivity index (χ3v) is 5.10. The Balaban J connectivity index is 2.13. The number of amides is 1. The topological polar surface area (TPSA) is 70.1 Å². The highest BCUT2D eigenvalue weighted by molar-refractivity contribution is 6.46. The summed E-state index contributed by atoms with van der Waals surface area (Å²) in [6.45, 7) is 4.06. The van der Waals surface area contributed by atoms with Crippen LogP contribution in [0.3, 0.4) is 0 Å². The zero-order chi connectivity index (χ0) is 23.6. The molecule has 1 atom stereocenters. The van der Waals surface area contributed by atoms with Gasteiger partial charge in [-0.25, -0.2) is 8.78 Å². The van der Waals surface area contributed by atoms with Crippen molar-refractivity contribution in [2.75, 3.05) is 27.2 Å². The number of carbonyl (C=O) groups is 2. The Hall–Kier alpha value is -3.26. The predicted molar refractivity (Wildman–Crippen MR) is 116 cm³/mol. The van der Waals surface area contributed by atoms with Crippen LogP contribution in [0.2, 0.25) is 0 Å². The van der Waals surface area contributed by atoms with E-state index in [9.17, 15) is 23.5 Å². The summed E-state index contributed by atoms with van der Waals surface area (Å²) in [7, 11) is 3.61. The summed E-state index contributed by atoms with van der Waals surface area (Å²) in [5.41, 5.74) is -0.214. The van der Waals surface area contributed by atoms with Gasteiger partial charge in [0, 0.05) is 24.2 Å². The van der Waals surface area contributed by atoms with E-state index in [0.29, 0.717) is 6.54 Å². The van der Waals surface area contributed by atoms with Crippen molar-refractivity contribution in [3.63, 3.8) is 0 Å². The van der Waals surface area contributed by atoms with Crippen molar-refractivity contribution in [2.45, 2.75) is 26.0 Å². The van der Waals surface area contributed by atoms with Crippen LogP contribution >= 0.6 is 0 Å². The molecular formula is C24H26F2N2O4. The second-order valence-corrected chi connectivity index (χ2v) is 8.13. The summed E-state index contributed by atoms with van der Waals surface area (Å²) in [5, 5.41) is 11.0. The van der Waals surface area contributed by atoms with E-state index in [1.54, 1.807) is 34.0 Å². The number of rotatable bonds is 7. The Morgan fingerprint density at radius 3 is 2.41 bits per heavy atom. The molecule has 0 unspecified atom stereocenters. The molecule has 170 valence electrons. The summed E-state index contributed by atoms with van der Waals surface area (Å²) >= 11 is 0. The molecule has 1 aliphatic heterocycles. The summed E-state index contributed by atoms with van der Waals surface area (Å²) in [6.07, 6.45) is -0.257. The lowest BCUT2D eigenvalue weighted by Crippen LogP contribution is -2.35. The third-order valence-electron chi connectivity index (χ3n) is 5.10. The van der Waals surface area contributed by atoms with Gasteiger partial charge in [0.15, 0.2) is 11.6 Å². The number of ketones is 1. The number of benzene rings is 2. The maximum Gasteiger partial charge on any atom is 0.295 e. The zero-order valence-corrected chi connectivity index (χ0v) is 18.4. The number of hydrogen-bond donors (Lipinski definition) is 1. The van der Waals surface area contributed by atoms with Crippen LogP contribution in [0.15, 0.2) is 48.0 Å². The number of likely N-dealkylation sites (tertiary alicyclic amines) is 1. The Morgan fingerprint density at radius 1 is 1.12 bits per heavy atom. The van der Waals surface area contributed by atoms with Gasteiger partial charge in [0.05, 0.1) is 17.7 Å². The Labute approximate surface area is 185 Å². The van der Waals surface area contributed by atoms with Gasteiger partial charge in [-0.2, -0.15) is 0 Å². The van der Waals surface area contributed by atoms with E-state index in [-0.39, 0.29) is 35.1 Å². The number of aliphatic hydroxyl groups excluding tert-OH is 1. The molecule has 0 bridgehead atoms. The van der Waals surface area contributed by atoms with Crippen molar-refractivity contribution < 1.29 is 28.2 Å². The maximum absolute atomic E-state index is 14.7. The molecule has 1 N–H and O–H groups in total.